The Hall–Kier alpha value is -2.68. The lowest BCUT2D eigenvalue weighted by molar-refractivity contribution is -0.384. The number of nitro groups is 1. The number of benzene rings is 1. The van der Waals surface area contributed by atoms with Gasteiger partial charge < -0.3 is 15.4 Å². The fourth-order valence-corrected chi connectivity index (χ4v) is 2.19. The van der Waals surface area contributed by atoms with E-state index in [0.29, 0.717) is 37.9 Å². The molecule has 0 saturated carbocycles. The number of hydrogen-bond acceptors (Lipinski definition) is 7. The molecule has 0 amide bonds. The SMILES string of the molecule is Nc1nc(N2CCOCC2)nn1-c1ccccc1[N+](=O)[O-]. The molecule has 0 radical (unpaired) electrons. The van der Waals surface area contributed by atoms with E-state index in [2.05, 4.69) is 10.1 Å². The molecule has 1 aromatic carbocycles. The molecule has 9 heteroatoms. The normalized spacial score (nSPS) is 15.1. The molecule has 21 heavy (non-hydrogen) atoms. The fourth-order valence-electron chi connectivity index (χ4n) is 2.19. The molecular weight excluding hydrogens is 276 g/mol. The van der Waals surface area contributed by atoms with Crippen molar-refractivity contribution in [3.05, 3.63) is 34.4 Å². The van der Waals surface area contributed by atoms with Gasteiger partial charge in [0, 0.05) is 19.2 Å². The third kappa shape index (κ3) is 2.50. The van der Waals surface area contributed by atoms with Crippen LogP contribution in [-0.4, -0.2) is 46.0 Å². The first-order valence-electron chi connectivity index (χ1n) is 6.46. The van der Waals surface area contributed by atoms with Gasteiger partial charge in [-0.2, -0.15) is 9.67 Å². The van der Waals surface area contributed by atoms with E-state index in [0.717, 1.165) is 0 Å². The van der Waals surface area contributed by atoms with Gasteiger partial charge in [-0.1, -0.05) is 12.1 Å². The molecule has 0 spiro atoms. The Labute approximate surface area is 120 Å². The number of nitrogens with zero attached hydrogens (tertiary/aromatic N) is 5. The van der Waals surface area contributed by atoms with Crippen molar-refractivity contribution in [2.45, 2.75) is 0 Å². The molecule has 110 valence electrons. The molecule has 2 N–H and O–H groups in total. The van der Waals surface area contributed by atoms with Crippen molar-refractivity contribution in [2.24, 2.45) is 0 Å². The summed E-state index contributed by atoms with van der Waals surface area (Å²) in [6, 6.07) is 6.28. The van der Waals surface area contributed by atoms with Crippen molar-refractivity contribution in [2.75, 3.05) is 36.9 Å². The lowest BCUT2D eigenvalue weighted by Crippen LogP contribution is -2.37. The molecule has 2 heterocycles. The number of rotatable bonds is 3. The van der Waals surface area contributed by atoms with Gasteiger partial charge in [-0.3, -0.25) is 10.1 Å². The molecule has 1 aliphatic heterocycles. The van der Waals surface area contributed by atoms with Gasteiger partial charge in [0.2, 0.25) is 11.9 Å². The van der Waals surface area contributed by atoms with Gasteiger partial charge in [-0.15, -0.1) is 5.10 Å². The highest BCUT2D eigenvalue weighted by atomic mass is 16.6. The maximum Gasteiger partial charge on any atom is 0.295 e. The number of nitrogen functional groups attached to an aromatic ring is 1. The summed E-state index contributed by atoms with van der Waals surface area (Å²) in [5.41, 5.74) is 6.09. The summed E-state index contributed by atoms with van der Waals surface area (Å²) in [5, 5.41) is 15.4. The number of aromatic nitrogens is 3. The molecule has 0 unspecified atom stereocenters. The van der Waals surface area contributed by atoms with Crippen molar-refractivity contribution >= 4 is 17.6 Å². The number of nitro benzene ring substituents is 1. The zero-order valence-corrected chi connectivity index (χ0v) is 11.2. The van der Waals surface area contributed by atoms with E-state index >= 15 is 0 Å². The highest BCUT2D eigenvalue weighted by Gasteiger charge is 2.21. The Morgan fingerprint density at radius 3 is 2.71 bits per heavy atom. The Bertz CT molecular complexity index is 665. The molecule has 1 aromatic heterocycles. The largest absolute Gasteiger partial charge is 0.378 e. The second-order valence-electron chi connectivity index (χ2n) is 4.53. The average Bonchev–Trinajstić information content (AvgIpc) is 2.90. The monoisotopic (exact) mass is 290 g/mol. The van der Waals surface area contributed by atoms with Crippen LogP contribution in [0, 0.1) is 10.1 Å². The van der Waals surface area contributed by atoms with Crippen LogP contribution in [0.1, 0.15) is 0 Å². The van der Waals surface area contributed by atoms with E-state index in [-0.39, 0.29) is 11.6 Å². The molecule has 1 fully saturated rings. The highest BCUT2D eigenvalue weighted by molar-refractivity contribution is 5.55. The number of para-hydroxylation sites is 2. The van der Waals surface area contributed by atoms with Crippen LogP contribution in [0.2, 0.25) is 0 Å². The van der Waals surface area contributed by atoms with Crippen LogP contribution in [0.25, 0.3) is 5.69 Å². The van der Waals surface area contributed by atoms with Gasteiger partial charge in [-0.25, -0.2) is 0 Å². The van der Waals surface area contributed by atoms with E-state index in [1.807, 2.05) is 4.90 Å². The van der Waals surface area contributed by atoms with Crippen LogP contribution in [0.5, 0.6) is 0 Å². The molecule has 2 aromatic rings. The number of hydrogen-bond donors (Lipinski definition) is 1. The van der Waals surface area contributed by atoms with Crippen molar-refractivity contribution in [3.63, 3.8) is 0 Å². The van der Waals surface area contributed by atoms with Crippen molar-refractivity contribution in [1.82, 2.24) is 14.8 Å². The summed E-state index contributed by atoms with van der Waals surface area (Å²) in [7, 11) is 0. The number of nitrogens with two attached hydrogens (primary N) is 1. The van der Waals surface area contributed by atoms with Gasteiger partial charge in [0.05, 0.1) is 18.1 Å². The van der Waals surface area contributed by atoms with Crippen LogP contribution >= 0.6 is 0 Å². The first-order valence-corrected chi connectivity index (χ1v) is 6.46. The summed E-state index contributed by atoms with van der Waals surface area (Å²) in [6.45, 7) is 2.53. The van der Waals surface area contributed by atoms with Crippen molar-refractivity contribution in [3.8, 4) is 5.69 Å². The Morgan fingerprint density at radius 2 is 2.00 bits per heavy atom. The van der Waals surface area contributed by atoms with Crippen LogP contribution in [0.3, 0.4) is 0 Å². The van der Waals surface area contributed by atoms with Gasteiger partial charge in [-0.05, 0) is 6.07 Å². The Kier molecular flexibility index (Phi) is 3.40. The quantitative estimate of drug-likeness (QED) is 0.650. The molecular formula is C12H14N6O3. The zero-order valence-electron chi connectivity index (χ0n) is 11.2. The first kappa shape index (κ1) is 13.3. The number of ether oxygens (including phenoxy) is 1. The summed E-state index contributed by atoms with van der Waals surface area (Å²) in [4.78, 5) is 16.7. The number of morpholine rings is 1. The van der Waals surface area contributed by atoms with Gasteiger partial charge in [0.1, 0.15) is 5.69 Å². The van der Waals surface area contributed by atoms with Crippen LogP contribution < -0.4 is 10.6 Å². The van der Waals surface area contributed by atoms with Gasteiger partial charge >= 0.3 is 0 Å². The first-order chi connectivity index (χ1) is 10.2. The minimum atomic E-state index is -0.467. The Morgan fingerprint density at radius 1 is 1.29 bits per heavy atom. The molecule has 9 nitrogen and oxygen atoms in total. The third-order valence-corrected chi connectivity index (χ3v) is 3.22. The summed E-state index contributed by atoms with van der Waals surface area (Å²) in [6.07, 6.45) is 0. The maximum absolute atomic E-state index is 11.1. The fraction of sp³-hybridized carbons (Fsp3) is 0.333. The van der Waals surface area contributed by atoms with E-state index in [1.165, 1.54) is 10.7 Å². The average molecular weight is 290 g/mol. The molecule has 1 aliphatic rings. The van der Waals surface area contributed by atoms with Gasteiger partial charge in [0.25, 0.3) is 5.69 Å². The summed E-state index contributed by atoms with van der Waals surface area (Å²) >= 11 is 0. The lowest BCUT2D eigenvalue weighted by Gasteiger charge is -2.25. The maximum atomic E-state index is 11.1. The van der Waals surface area contributed by atoms with E-state index in [9.17, 15) is 10.1 Å². The second-order valence-corrected chi connectivity index (χ2v) is 4.53. The number of anilines is 2. The minimum Gasteiger partial charge on any atom is -0.378 e. The Balaban J connectivity index is 2.00. The van der Waals surface area contributed by atoms with Crippen LogP contribution in [-0.2, 0) is 4.74 Å². The molecule has 0 bridgehead atoms. The summed E-state index contributed by atoms with van der Waals surface area (Å²) in [5.74, 6) is 0.569. The molecule has 3 rings (SSSR count). The van der Waals surface area contributed by atoms with E-state index in [4.69, 9.17) is 10.5 Å². The van der Waals surface area contributed by atoms with Gasteiger partial charge in [0.15, 0.2) is 0 Å². The van der Waals surface area contributed by atoms with Crippen LogP contribution in [0.4, 0.5) is 17.6 Å². The third-order valence-electron chi connectivity index (χ3n) is 3.22. The van der Waals surface area contributed by atoms with Crippen molar-refractivity contribution in [1.29, 1.82) is 0 Å². The summed E-state index contributed by atoms with van der Waals surface area (Å²) < 4.78 is 6.56. The standard InChI is InChI=1S/C12H14N6O3/c13-11-14-12(16-5-7-21-8-6-16)15-17(11)9-3-1-2-4-10(9)18(19)20/h1-4H,5-8H2,(H2,13,14,15). The molecule has 1 saturated heterocycles. The zero-order chi connectivity index (χ0) is 14.8. The highest BCUT2D eigenvalue weighted by Crippen LogP contribution is 2.25. The molecule has 0 aliphatic carbocycles. The predicted molar refractivity (Wildman–Crippen MR) is 75.5 cm³/mol. The predicted octanol–water partition coefficient (Wildman–Crippen LogP) is 0.594. The molecule has 0 atom stereocenters. The van der Waals surface area contributed by atoms with Crippen molar-refractivity contribution < 1.29 is 9.66 Å². The van der Waals surface area contributed by atoms with E-state index in [1.54, 1.807) is 18.2 Å². The topological polar surface area (TPSA) is 112 Å². The second kappa shape index (κ2) is 5.37. The lowest BCUT2D eigenvalue weighted by atomic mass is 10.3. The van der Waals surface area contributed by atoms with Crippen LogP contribution in [0.15, 0.2) is 24.3 Å². The minimum absolute atomic E-state index is 0.0670. The van der Waals surface area contributed by atoms with E-state index < -0.39 is 4.92 Å². The smallest absolute Gasteiger partial charge is 0.295 e.